The van der Waals surface area contributed by atoms with Crippen LogP contribution in [0.2, 0.25) is 0 Å². The van der Waals surface area contributed by atoms with Gasteiger partial charge in [-0.1, -0.05) is 77.3 Å². The molecule has 1 fully saturated rings. The van der Waals surface area contributed by atoms with E-state index in [-0.39, 0.29) is 55.5 Å². The molecule has 1 unspecified atom stereocenters. The fourth-order valence-electron chi connectivity index (χ4n) is 3.99. The van der Waals surface area contributed by atoms with Crippen LogP contribution in [0.15, 0.2) is 96.9 Å². The SMILES string of the molecule is C=CCC(=O)N(CCN1C(=C)/C(=C\C=C/C)C(CO)(C(=C)/C(O)=C\C2=COCO2)C1=O)C(=O)C/C=C\C.CC.CC. The summed E-state index contributed by atoms with van der Waals surface area (Å²) in [6, 6.07) is 0. The minimum absolute atomic E-state index is 0.0134. The second-order valence-corrected chi connectivity index (χ2v) is 8.24. The van der Waals surface area contributed by atoms with Crippen molar-refractivity contribution >= 4 is 17.7 Å². The molecule has 2 aliphatic rings. The highest BCUT2D eigenvalue weighted by Gasteiger charge is 2.55. The first-order valence-electron chi connectivity index (χ1n) is 13.7. The topological polar surface area (TPSA) is 117 Å². The standard InChI is InChI=1S/C28H34N2O7.2C2H6/c1-6-9-12-23-21(5)29(14-15-30(25(33)11-8-3)26(34)13-10-7-2)27(35)28(23,18-31)20(4)24(32)16-22-17-36-19-37-22;2*1-2/h6-10,12,16-17,31-32H,3-5,11,13-15,18-19H2,1-2H3;2*1-2H3/b9-6-,10-7-,23-12+,24-16+;;. The Morgan fingerprint density at radius 1 is 1.15 bits per heavy atom. The van der Waals surface area contributed by atoms with Crippen molar-refractivity contribution < 1.29 is 34.1 Å². The number of hydrogen-bond donors (Lipinski definition) is 2. The zero-order valence-electron chi connectivity index (χ0n) is 25.3. The molecule has 0 radical (unpaired) electrons. The fraction of sp³-hybridized carbons (Fsp3) is 0.406. The molecule has 0 aromatic carbocycles. The van der Waals surface area contributed by atoms with Gasteiger partial charge in [-0.05, 0) is 19.4 Å². The second kappa shape index (κ2) is 19.0. The molecule has 0 aliphatic carbocycles. The summed E-state index contributed by atoms with van der Waals surface area (Å²) in [5, 5.41) is 21.3. The smallest absolute Gasteiger partial charge is 0.244 e. The average molecular weight is 571 g/mol. The van der Waals surface area contributed by atoms with E-state index in [1.54, 1.807) is 44.2 Å². The first-order valence-corrected chi connectivity index (χ1v) is 13.7. The van der Waals surface area contributed by atoms with E-state index in [4.69, 9.17) is 9.47 Å². The Morgan fingerprint density at radius 3 is 2.29 bits per heavy atom. The van der Waals surface area contributed by atoms with E-state index in [0.717, 1.165) is 4.90 Å². The first-order chi connectivity index (χ1) is 19.7. The molecule has 1 atom stereocenters. The predicted octanol–water partition coefficient (Wildman–Crippen LogP) is 5.62. The minimum Gasteiger partial charge on any atom is -0.507 e. The van der Waals surface area contributed by atoms with Crippen LogP contribution in [0.3, 0.4) is 0 Å². The molecule has 0 bridgehead atoms. The zero-order valence-corrected chi connectivity index (χ0v) is 25.3. The highest BCUT2D eigenvalue weighted by molar-refractivity contribution is 5.98. The van der Waals surface area contributed by atoms with E-state index < -0.39 is 29.7 Å². The number of allylic oxidation sites excluding steroid dienone is 7. The van der Waals surface area contributed by atoms with Crippen LogP contribution >= 0.6 is 0 Å². The number of carbonyl (C=O) groups is 3. The molecule has 0 saturated carbocycles. The zero-order chi connectivity index (χ0) is 31.6. The summed E-state index contributed by atoms with van der Waals surface area (Å²) in [7, 11) is 0. The van der Waals surface area contributed by atoms with Gasteiger partial charge in [-0.3, -0.25) is 19.3 Å². The second-order valence-electron chi connectivity index (χ2n) is 8.24. The summed E-state index contributed by atoms with van der Waals surface area (Å²) in [6.07, 6.45) is 12.3. The van der Waals surface area contributed by atoms with Crippen LogP contribution < -0.4 is 0 Å². The number of aliphatic hydroxyl groups is 2. The number of carbonyl (C=O) groups excluding carboxylic acids is 3. The molecule has 2 heterocycles. The Bertz CT molecular complexity index is 1110. The molecule has 0 aromatic rings. The maximum atomic E-state index is 13.8. The van der Waals surface area contributed by atoms with Crippen LogP contribution in [0.25, 0.3) is 0 Å². The van der Waals surface area contributed by atoms with Crippen LogP contribution in [0.4, 0.5) is 0 Å². The van der Waals surface area contributed by atoms with Gasteiger partial charge in [-0.25, -0.2) is 0 Å². The van der Waals surface area contributed by atoms with E-state index in [1.165, 1.54) is 23.3 Å². The van der Waals surface area contributed by atoms with Gasteiger partial charge in [-0.2, -0.15) is 0 Å². The molecule has 0 spiro atoms. The van der Waals surface area contributed by atoms with Gasteiger partial charge in [0.05, 0.1) is 6.61 Å². The van der Waals surface area contributed by atoms with Crippen molar-refractivity contribution in [1.82, 2.24) is 9.80 Å². The molecule has 9 nitrogen and oxygen atoms in total. The largest absolute Gasteiger partial charge is 0.507 e. The fourth-order valence-corrected chi connectivity index (χ4v) is 3.99. The monoisotopic (exact) mass is 570 g/mol. The van der Waals surface area contributed by atoms with Gasteiger partial charge in [0.2, 0.25) is 24.5 Å². The van der Waals surface area contributed by atoms with Crippen molar-refractivity contribution in [2.75, 3.05) is 26.5 Å². The molecule has 2 N–H and O–H groups in total. The summed E-state index contributed by atoms with van der Waals surface area (Å²) in [4.78, 5) is 41.5. The van der Waals surface area contributed by atoms with Crippen molar-refractivity contribution in [3.8, 4) is 0 Å². The summed E-state index contributed by atoms with van der Waals surface area (Å²) >= 11 is 0. The maximum Gasteiger partial charge on any atom is 0.244 e. The van der Waals surface area contributed by atoms with Crippen LogP contribution in [-0.4, -0.2) is 64.2 Å². The van der Waals surface area contributed by atoms with Crippen molar-refractivity contribution in [3.63, 3.8) is 0 Å². The molecule has 2 rings (SSSR count). The van der Waals surface area contributed by atoms with Crippen LogP contribution in [-0.2, 0) is 23.9 Å². The van der Waals surface area contributed by atoms with Crippen molar-refractivity contribution in [2.24, 2.45) is 5.41 Å². The lowest BCUT2D eigenvalue weighted by Crippen LogP contribution is -2.44. The normalized spacial score (nSPS) is 19.2. The Kier molecular flexibility index (Phi) is 17.1. The molecular weight excluding hydrogens is 524 g/mol. The van der Waals surface area contributed by atoms with Gasteiger partial charge in [0, 0.05) is 43.3 Å². The molecule has 41 heavy (non-hydrogen) atoms. The highest BCUT2D eigenvalue weighted by atomic mass is 16.7. The predicted molar refractivity (Wildman–Crippen MR) is 162 cm³/mol. The number of rotatable bonds is 12. The third-order valence-electron chi connectivity index (χ3n) is 5.99. The highest BCUT2D eigenvalue weighted by Crippen LogP contribution is 2.49. The minimum atomic E-state index is -1.75. The quantitative estimate of drug-likeness (QED) is 0.178. The maximum absolute atomic E-state index is 13.8. The van der Waals surface area contributed by atoms with Crippen molar-refractivity contribution in [2.45, 2.75) is 54.4 Å². The van der Waals surface area contributed by atoms with Crippen LogP contribution in [0.1, 0.15) is 54.4 Å². The molecular formula is C32H46N2O7. The number of hydrogen-bond acceptors (Lipinski definition) is 7. The molecule has 0 aromatic heterocycles. The molecule has 1 saturated heterocycles. The van der Waals surface area contributed by atoms with E-state index in [9.17, 15) is 24.6 Å². The molecule has 226 valence electrons. The van der Waals surface area contributed by atoms with Gasteiger partial charge < -0.3 is 24.6 Å². The van der Waals surface area contributed by atoms with E-state index in [0.29, 0.717) is 5.57 Å². The summed E-state index contributed by atoms with van der Waals surface area (Å²) < 4.78 is 10.2. The van der Waals surface area contributed by atoms with Gasteiger partial charge in [0.1, 0.15) is 17.4 Å². The number of ether oxygens (including phenoxy) is 2. The lowest BCUT2D eigenvalue weighted by atomic mass is 9.74. The molecule has 3 amide bonds. The number of likely N-dealkylation sites (tertiary alicyclic amines) is 1. The van der Waals surface area contributed by atoms with Gasteiger partial charge in [-0.15, -0.1) is 6.58 Å². The molecule has 2 aliphatic heterocycles. The van der Waals surface area contributed by atoms with Crippen LogP contribution in [0.5, 0.6) is 0 Å². The Hall–Kier alpha value is -4.11. The summed E-state index contributed by atoms with van der Waals surface area (Å²) in [6.45, 7) is 22.2. The average Bonchev–Trinajstić information content (AvgIpc) is 3.57. The lowest BCUT2D eigenvalue weighted by molar-refractivity contribution is -0.145. The third kappa shape index (κ3) is 8.94. The molecule has 9 heteroatoms. The van der Waals surface area contributed by atoms with Crippen LogP contribution in [0, 0.1) is 5.41 Å². The Morgan fingerprint density at radius 2 is 1.78 bits per heavy atom. The lowest BCUT2D eigenvalue weighted by Gasteiger charge is -2.29. The number of amides is 3. The summed E-state index contributed by atoms with van der Waals surface area (Å²) in [5.74, 6) is -1.63. The first kappa shape index (κ1) is 36.9. The Balaban J connectivity index is 0.00000382. The number of aliphatic hydroxyl groups excluding tert-OH is 2. The van der Waals surface area contributed by atoms with E-state index in [2.05, 4.69) is 19.7 Å². The Labute approximate surface area is 244 Å². The van der Waals surface area contributed by atoms with Crippen molar-refractivity contribution in [3.05, 3.63) is 96.9 Å². The third-order valence-corrected chi connectivity index (χ3v) is 5.99. The van der Waals surface area contributed by atoms with Crippen molar-refractivity contribution in [1.29, 1.82) is 0 Å². The van der Waals surface area contributed by atoms with Gasteiger partial charge >= 0.3 is 0 Å². The summed E-state index contributed by atoms with van der Waals surface area (Å²) in [5.41, 5.74) is -1.24. The number of nitrogens with zero attached hydrogens (tertiary/aromatic N) is 2. The number of imide groups is 1. The van der Waals surface area contributed by atoms with Gasteiger partial charge in [0.25, 0.3) is 0 Å². The van der Waals surface area contributed by atoms with Gasteiger partial charge in [0.15, 0.2) is 5.76 Å². The van der Waals surface area contributed by atoms with E-state index >= 15 is 0 Å². The van der Waals surface area contributed by atoms with E-state index in [1.807, 2.05) is 27.7 Å².